The topological polar surface area (TPSA) is 107 Å². The quantitative estimate of drug-likeness (QED) is 0.331. The van der Waals surface area contributed by atoms with E-state index in [2.05, 4.69) is 55.7 Å². The third-order valence-electron chi connectivity index (χ3n) is 7.41. The van der Waals surface area contributed by atoms with Gasteiger partial charge in [0.2, 0.25) is 5.95 Å². The minimum Gasteiger partial charge on any atom is -0.324 e. The van der Waals surface area contributed by atoms with Crippen LogP contribution in [-0.2, 0) is 17.5 Å². The van der Waals surface area contributed by atoms with E-state index in [0.29, 0.717) is 34.5 Å². The summed E-state index contributed by atoms with van der Waals surface area (Å²) < 4.78 is 12.9. The molecule has 1 atom stereocenters. The van der Waals surface area contributed by atoms with Crippen molar-refractivity contribution in [2.75, 3.05) is 37.6 Å². The number of anilines is 4. The number of nitriles is 1. The lowest BCUT2D eigenvalue weighted by atomic mass is 9.77. The number of benzene rings is 2. The number of hydrogen-bond acceptors (Lipinski definition) is 8. The molecule has 0 amide bonds. The van der Waals surface area contributed by atoms with Crippen LogP contribution < -0.4 is 16.1 Å². The van der Waals surface area contributed by atoms with Crippen molar-refractivity contribution in [3.8, 4) is 6.07 Å². The van der Waals surface area contributed by atoms with Crippen molar-refractivity contribution in [2.45, 2.75) is 31.7 Å². The summed E-state index contributed by atoms with van der Waals surface area (Å²) >= 11 is 0. The summed E-state index contributed by atoms with van der Waals surface area (Å²) in [7, 11) is -0.433. The van der Waals surface area contributed by atoms with Gasteiger partial charge in [-0.05, 0) is 85.8 Å². The van der Waals surface area contributed by atoms with Crippen LogP contribution in [0.3, 0.4) is 0 Å². The van der Waals surface area contributed by atoms with Gasteiger partial charge in [-0.2, -0.15) is 10.2 Å². The Morgan fingerprint density at radius 3 is 2.71 bits per heavy atom. The molecular weight excluding hydrogens is 493 g/mol. The zero-order valence-electron chi connectivity index (χ0n) is 21.8. The molecule has 38 heavy (non-hydrogen) atoms. The van der Waals surface area contributed by atoms with Gasteiger partial charge in [0.25, 0.3) is 0 Å². The molecule has 6 rings (SSSR count). The molecule has 4 aromatic rings. The molecule has 1 aliphatic carbocycles. The number of pyridine rings is 1. The molecular formula is C29H30N7OP. The van der Waals surface area contributed by atoms with Crippen LogP contribution in [0, 0.1) is 11.3 Å². The average molecular weight is 524 g/mol. The largest absolute Gasteiger partial charge is 0.324 e. The first kappa shape index (κ1) is 24.5. The number of hydrogen-bond donors (Lipinski definition) is 2. The molecule has 0 saturated heterocycles. The highest BCUT2D eigenvalue weighted by atomic mass is 31.2. The maximum Gasteiger partial charge on any atom is 0.229 e. The van der Waals surface area contributed by atoms with Gasteiger partial charge in [0.05, 0.1) is 6.20 Å². The van der Waals surface area contributed by atoms with Crippen LogP contribution in [-0.4, -0.2) is 46.8 Å². The highest BCUT2D eigenvalue weighted by molar-refractivity contribution is 7.69. The lowest BCUT2D eigenvalue weighted by molar-refractivity contribution is 0.266. The van der Waals surface area contributed by atoms with Crippen LogP contribution in [0.15, 0.2) is 48.7 Å². The fraction of sp³-hybridized carbons (Fsp3) is 0.310. The number of rotatable bonds is 5. The summed E-state index contributed by atoms with van der Waals surface area (Å²) in [5.74, 6) is 1.87. The van der Waals surface area contributed by atoms with E-state index in [4.69, 9.17) is 0 Å². The van der Waals surface area contributed by atoms with E-state index in [1.54, 1.807) is 13.3 Å². The number of aromatic nitrogens is 3. The highest BCUT2D eigenvalue weighted by Crippen LogP contribution is 2.40. The Labute approximate surface area is 222 Å². The monoisotopic (exact) mass is 523 g/mol. The molecule has 1 aliphatic heterocycles. The van der Waals surface area contributed by atoms with E-state index in [0.717, 1.165) is 36.0 Å². The first-order valence-corrected chi connectivity index (χ1v) is 15.5. The van der Waals surface area contributed by atoms with Crippen LogP contribution in [0.5, 0.6) is 0 Å². The van der Waals surface area contributed by atoms with Gasteiger partial charge in [0, 0.05) is 24.2 Å². The Kier molecular flexibility index (Phi) is 6.14. The van der Waals surface area contributed by atoms with E-state index in [-0.39, 0.29) is 0 Å². The van der Waals surface area contributed by atoms with Crippen LogP contribution in [0.2, 0.25) is 0 Å². The lowest BCUT2D eigenvalue weighted by Crippen LogP contribution is -2.33. The van der Waals surface area contributed by atoms with Crippen LogP contribution in [0.4, 0.5) is 23.3 Å². The van der Waals surface area contributed by atoms with Gasteiger partial charge < -0.3 is 20.1 Å². The van der Waals surface area contributed by atoms with Crippen LogP contribution in [0.1, 0.15) is 41.0 Å². The lowest BCUT2D eigenvalue weighted by Gasteiger charge is -2.37. The summed E-state index contributed by atoms with van der Waals surface area (Å²) in [5.41, 5.74) is 6.09. The standard InChI is InChI=1S/C29H30N7OP/c1-36-16-20-9-6-8-19-11-23(12-21(17-36)26(19)20)32-29-31-15-22(14-30)27(35-29)34-28-24-10-5-4-7-18(24)13-25(33-28)38(2,3)37/h4-5,7,10-13,15,20H,6,8-9,16-17H2,1-3H3,(H2,31,32,33,34,35). The SMILES string of the molecule is CN1Cc2cc(Nc3ncc(C#N)c(Nc4nc(P(C)(C)=O)cc5ccccc45)n3)cc3c2C(CCC3)C1. The summed E-state index contributed by atoms with van der Waals surface area (Å²) in [6.45, 7) is 5.46. The Bertz CT molecular complexity index is 1660. The first-order valence-electron chi connectivity index (χ1n) is 12.9. The van der Waals surface area contributed by atoms with Crippen molar-refractivity contribution in [1.29, 1.82) is 5.26 Å². The van der Waals surface area contributed by atoms with Gasteiger partial charge in [-0.1, -0.05) is 24.3 Å². The molecule has 2 aliphatic rings. The third-order valence-corrected chi connectivity index (χ3v) is 8.74. The smallest absolute Gasteiger partial charge is 0.229 e. The van der Waals surface area contributed by atoms with Gasteiger partial charge in [-0.25, -0.2) is 9.97 Å². The molecule has 2 N–H and O–H groups in total. The Morgan fingerprint density at radius 1 is 1.08 bits per heavy atom. The van der Waals surface area contributed by atoms with E-state index in [9.17, 15) is 9.83 Å². The summed E-state index contributed by atoms with van der Waals surface area (Å²) in [5, 5.41) is 18.2. The van der Waals surface area contributed by atoms with Crippen LogP contribution in [0.25, 0.3) is 10.8 Å². The Balaban J connectivity index is 1.37. The van der Waals surface area contributed by atoms with E-state index < -0.39 is 7.14 Å². The number of nitrogens with one attached hydrogen (secondary N) is 2. The maximum atomic E-state index is 12.9. The van der Waals surface area contributed by atoms with Gasteiger partial charge in [-0.15, -0.1) is 0 Å². The van der Waals surface area contributed by atoms with E-state index >= 15 is 0 Å². The summed E-state index contributed by atoms with van der Waals surface area (Å²) in [6, 6.07) is 16.2. The second-order valence-corrected chi connectivity index (χ2v) is 13.9. The molecule has 9 heteroatoms. The molecule has 0 spiro atoms. The number of nitrogens with zero attached hydrogens (tertiary/aromatic N) is 5. The average Bonchev–Trinajstić information content (AvgIpc) is 2.88. The predicted molar refractivity (Wildman–Crippen MR) is 153 cm³/mol. The minimum absolute atomic E-state index is 0.299. The minimum atomic E-state index is -2.61. The molecule has 0 bridgehead atoms. The molecule has 0 radical (unpaired) electrons. The van der Waals surface area contributed by atoms with Gasteiger partial charge in [-0.3, -0.25) is 0 Å². The van der Waals surface area contributed by atoms with Crippen molar-refractivity contribution >= 4 is 46.6 Å². The first-order chi connectivity index (χ1) is 18.3. The number of likely N-dealkylation sites (N-methyl/N-ethyl adjacent to an activating group) is 1. The summed E-state index contributed by atoms with van der Waals surface area (Å²) in [6.07, 6.45) is 5.06. The Morgan fingerprint density at radius 2 is 1.89 bits per heavy atom. The molecule has 0 fully saturated rings. The van der Waals surface area contributed by atoms with Crippen LogP contribution >= 0.6 is 7.14 Å². The van der Waals surface area contributed by atoms with Crippen molar-refractivity contribution < 1.29 is 4.57 Å². The molecule has 192 valence electrons. The zero-order valence-corrected chi connectivity index (χ0v) is 22.7. The second-order valence-electron chi connectivity index (χ2n) is 10.7. The predicted octanol–water partition coefficient (Wildman–Crippen LogP) is 5.50. The molecule has 2 aromatic carbocycles. The zero-order chi connectivity index (χ0) is 26.4. The van der Waals surface area contributed by atoms with Gasteiger partial charge in [0.1, 0.15) is 30.0 Å². The van der Waals surface area contributed by atoms with Crippen molar-refractivity contribution in [2.24, 2.45) is 0 Å². The summed E-state index contributed by atoms with van der Waals surface area (Å²) in [4.78, 5) is 16.2. The van der Waals surface area contributed by atoms with E-state index in [1.165, 1.54) is 35.7 Å². The fourth-order valence-electron chi connectivity index (χ4n) is 5.73. The second kappa shape index (κ2) is 9.50. The fourth-order valence-corrected chi connectivity index (χ4v) is 6.52. The molecule has 2 aromatic heterocycles. The normalized spacial score (nSPS) is 17.1. The Hall–Kier alpha value is -3.79. The van der Waals surface area contributed by atoms with Gasteiger partial charge in [0.15, 0.2) is 5.82 Å². The van der Waals surface area contributed by atoms with Crippen molar-refractivity contribution in [1.82, 2.24) is 19.9 Å². The molecule has 8 nitrogen and oxygen atoms in total. The number of aryl methyl sites for hydroxylation is 1. The van der Waals surface area contributed by atoms with Gasteiger partial charge >= 0.3 is 0 Å². The molecule has 3 heterocycles. The highest BCUT2D eigenvalue weighted by Gasteiger charge is 2.29. The molecule has 0 saturated carbocycles. The van der Waals surface area contributed by atoms with E-state index in [1.807, 2.05) is 30.3 Å². The molecule has 1 unspecified atom stereocenters. The number of fused-ring (bicyclic) bond motifs is 1. The maximum absolute atomic E-state index is 12.9. The third kappa shape index (κ3) is 4.64. The van der Waals surface area contributed by atoms with Crippen molar-refractivity contribution in [3.05, 3.63) is 70.9 Å². The van der Waals surface area contributed by atoms with Crippen molar-refractivity contribution in [3.63, 3.8) is 0 Å².